The highest BCUT2D eigenvalue weighted by molar-refractivity contribution is 4.96. The minimum absolute atomic E-state index is 0.317. The monoisotopic (exact) mass is 189 g/mol. The molecule has 1 N–H and O–H groups in total. The van der Waals surface area contributed by atoms with Crippen LogP contribution in [0.25, 0.3) is 0 Å². The zero-order valence-electron chi connectivity index (χ0n) is 7.86. The molecule has 3 heteroatoms. The van der Waals surface area contributed by atoms with Crippen molar-refractivity contribution in [2.45, 2.75) is 50.5 Å². The molecule has 2 aliphatic rings. The zero-order chi connectivity index (χ0) is 9.31. The van der Waals surface area contributed by atoms with E-state index in [1.807, 2.05) is 0 Å². The van der Waals surface area contributed by atoms with E-state index in [1.54, 1.807) is 0 Å². The summed E-state index contributed by atoms with van der Waals surface area (Å²) >= 11 is 0. The molecule has 76 valence electrons. The second-order valence-corrected chi connectivity index (χ2v) is 4.30. The Morgan fingerprint density at radius 1 is 1.00 bits per heavy atom. The minimum Gasteiger partial charge on any atom is -0.309 e. The number of halogens is 2. The first-order valence-corrected chi connectivity index (χ1v) is 5.32. The maximum absolute atomic E-state index is 13.6. The minimum atomic E-state index is -2.44. The van der Waals surface area contributed by atoms with Crippen molar-refractivity contribution < 1.29 is 8.78 Å². The summed E-state index contributed by atoms with van der Waals surface area (Å²) in [5, 5.41) is 2.99. The van der Waals surface area contributed by atoms with Crippen LogP contribution in [-0.2, 0) is 0 Å². The third-order valence-electron chi connectivity index (χ3n) is 3.15. The first kappa shape index (κ1) is 9.38. The van der Waals surface area contributed by atoms with Crippen LogP contribution in [0.1, 0.15) is 38.5 Å². The van der Waals surface area contributed by atoms with E-state index < -0.39 is 12.0 Å². The van der Waals surface area contributed by atoms with Crippen LogP contribution in [0.15, 0.2) is 0 Å². The largest absolute Gasteiger partial charge is 0.309 e. The smallest absolute Gasteiger partial charge is 0.265 e. The average Bonchev–Trinajstić information content (AvgIpc) is 2.93. The number of hydrogen-bond donors (Lipinski definition) is 1. The van der Waals surface area contributed by atoms with Gasteiger partial charge in [0.15, 0.2) is 0 Å². The van der Waals surface area contributed by atoms with E-state index in [2.05, 4.69) is 5.32 Å². The van der Waals surface area contributed by atoms with Crippen molar-refractivity contribution in [2.24, 2.45) is 5.92 Å². The van der Waals surface area contributed by atoms with Crippen LogP contribution < -0.4 is 5.32 Å². The van der Waals surface area contributed by atoms with Gasteiger partial charge in [0.25, 0.3) is 5.92 Å². The molecule has 0 bridgehead atoms. The highest BCUT2D eigenvalue weighted by atomic mass is 19.3. The maximum atomic E-state index is 13.6. The van der Waals surface area contributed by atoms with Crippen LogP contribution in [0.4, 0.5) is 8.78 Å². The Hall–Kier alpha value is -0.180. The lowest BCUT2D eigenvalue weighted by Gasteiger charge is -2.26. The molecule has 1 unspecified atom stereocenters. The van der Waals surface area contributed by atoms with Gasteiger partial charge in [0.1, 0.15) is 0 Å². The topological polar surface area (TPSA) is 12.0 Å². The molecule has 1 nitrogen and oxygen atoms in total. The highest BCUT2D eigenvalue weighted by Crippen LogP contribution is 2.46. The molecule has 0 aromatic heterocycles. The maximum Gasteiger partial charge on any atom is 0.265 e. The van der Waals surface area contributed by atoms with Gasteiger partial charge in [0, 0.05) is 5.92 Å². The molecule has 1 saturated heterocycles. The lowest BCUT2D eigenvalue weighted by molar-refractivity contribution is -0.0592. The summed E-state index contributed by atoms with van der Waals surface area (Å²) in [6.45, 7) is 0.771. The Kier molecular flexibility index (Phi) is 2.54. The molecule has 0 spiro atoms. The summed E-state index contributed by atoms with van der Waals surface area (Å²) in [5.74, 6) is -2.76. The molecule has 2 fully saturated rings. The van der Waals surface area contributed by atoms with Gasteiger partial charge in [0.05, 0.1) is 6.04 Å². The van der Waals surface area contributed by atoms with Crippen LogP contribution >= 0.6 is 0 Å². The van der Waals surface area contributed by atoms with E-state index in [4.69, 9.17) is 0 Å². The van der Waals surface area contributed by atoms with E-state index in [1.165, 1.54) is 0 Å². The lowest BCUT2D eigenvalue weighted by atomic mass is 10.0. The Bertz CT molecular complexity index is 170. The molecular formula is C10H17F2N. The molecule has 13 heavy (non-hydrogen) atoms. The quantitative estimate of drug-likeness (QED) is 0.704. The molecule has 1 aliphatic carbocycles. The Labute approximate surface area is 77.9 Å². The van der Waals surface area contributed by atoms with Crippen LogP contribution in [0.2, 0.25) is 0 Å². The summed E-state index contributed by atoms with van der Waals surface area (Å²) < 4.78 is 27.2. The van der Waals surface area contributed by atoms with Crippen LogP contribution in [-0.4, -0.2) is 18.5 Å². The summed E-state index contributed by atoms with van der Waals surface area (Å²) in [4.78, 5) is 0. The fourth-order valence-electron chi connectivity index (χ4n) is 2.11. The fourth-order valence-corrected chi connectivity index (χ4v) is 2.11. The van der Waals surface area contributed by atoms with Gasteiger partial charge in [0.2, 0.25) is 0 Å². The van der Waals surface area contributed by atoms with Gasteiger partial charge in [-0.25, -0.2) is 8.78 Å². The van der Waals surface area contributed by atoms with Crippen molar-refractivity contribution >= 4 is 0 Å². The molecule has 2 rings (SSSR count). The number of nitrogens with one attached hydrogen (secondary N) is 1. The third kappa shape index (κ3) is 2.01. The number of rotatable bonds is 2. The molecule has 1 saturated carbocycles. The van der Waals surface area contributed by atoms with Crippen molar-refractivity contribution in [1.29, 1.82) is 0 Å². The van der Waals surface area contributed by atoms with E-state index >= 15 is 0 Å². The second kappa shape index (κ2) is 3.52. The van der Waals surface area contributed by atoms with Gasteiger partial charge in [-0.2, -0.15) is 0 Å². The summed E-state index contributed by atoms with van der Waals surface area (Å²) in [6, 6.07) is -0.539. The van der Waals surface area contributed by atoms with Crippen molar-refractivity contribution in [1.82, 2.24) is 5.32 Å². The van der Waals surface area contributed by atoms with Gasteiger partial charge in [-0.1, -0.05) is 12.8 Å². The molecule has 1 aliphatic heterocycles. The fraction of sp³-hybridized carbons (Fsp3) is 1.00. The highest BCUT2D eigenvalue weighted by Gasteiger charge is 2.51. The van der Waals surface area contributed by atoms with Crippen LogP contribution in [0, 0.1) is 5.92 Å². The number of alkyl halides is 2. The van der Waals surface area contributed by atoms with E-state index in [0.29, 0.717) is 6.42 Å². The predicted octanol–water partition coefficient (Wildman–Crippen LogP) is 2.56. The standard InChI is InChI=1S/C10H17F2N/c11-10(12,8-5-6-8)9-4-2-1-3-7-13-9/h8-9,13H,1-7H2. The SMILES string of the molecule is FC(F)(C1CC1)C1CCCCCN1. The lowest BCUT2D eigenvalue weighted by Crippen LogP contribution is -2.45. The molecule has 0 radical (unpaired) electrons. The van der Waals surface area contributed by atoms with Crippen molar-refractivity contribution in [3.05, 3.63) is 0 Å². The first-order chi connectivity index (χ1) is 6.21. The Balaban J connectivity index is 1.95. The normalized spacial score (nSPS) is 31.4. The molecular weight excluding hydrogens is 172 g/mol. The van der Waals surface area contributed by atoms with Gasteiger partial charge >= 0.3 is 0 Å². The molecule has 0 amide bonds. The van der Waals surface area contributed by atoms with Crippen LogP contribution in [0.3, 0.4) is 0 Å². The number of hydrogen-bond acceptors (Lipinski definition) is 1. The van der Waals surface area contributed by atoms with Crippen molar-refractivity contribution in [3.8, 4) is 0 Å². The molecule has 1 atom stereocenters. The summed E-state index contributed by atoms with van der Waals surface area (Å²) in [5.41, 5.74) is 0. The van der Waals surface area contributed by atoms with Gasteiger partial charge in [-0.05, 0) is 32.2 Å². The summed E-state index contributed by atoms with van der Waals surface area (Å²) in [7, 11) is 0. The molecule has 0 aromatic rings. The zero-order valence-corrected chi connectivity index (χ0v) is 7.86. The summed E-state index contributed by atoms with van der Waals surface area (Å²) in [6.07, 6.45) is 5.22. The molecule has 0 aromatic carbocycles. The van der Waals surface area contributed by atoms with Crippen LogP contribution in [0.5, 0.6) is 0 Å². The first-order valence-electron chi connectivity index (χ1n) is 5.32. The van der Waals surface area contributed by atoms with Gasteiger partial charge in [-0.3, -0.25) is 0 Å². The van der Waals surface area contributed by atoms with E-state index in [9.17, 15) is 8.78 Å². The van der Waals surface area contributed by atoms with Crippen molar-refractivity contribution in [2.75, 3.05) is 6.54 Å². The van der Waals surface area contributed by atoms with Gasteiger partial charge < -0.3 is 5.32 Å². The Morgan fingerprint density at radius 3 is 2.46 bits per heavy atom. The predicted molar refractivity (Wildman–Crippen MR) is 47.9 cm³/mol. The molecule has 1 heterocycles. The average molecular weight is 189 g/mol. The third-order valence-corrected chi connectivity index (χ3v) is 3.15. The van der Waals surface area contributed by atoms with Crippen molar-refractivity contribution in [3.63, 3.8) is 0 Å². The Morgan fingerprint density at radius 2 is 1.77 bits per heavy atom. The van der Waals surface area contributed by atoms with E-state index in [0.717, 1.165) is 38.6 Å². The second-order valence-electron chi connectivity index (χ2n) is 4.30. The van der Waals surface area contributed by atoms with Gasteiger partial charge in [-0.15, -0.1) is 0 Å². The van der Waals surface area contributed by atoms with E-state index in [-0.39, 0.29) is 5.92 Å².